The average Bonchev–Trinajstić information content (AvgIpc) is 2.63. The van der Waals surface area contributed by atoms with Crippen LogP contribution in [0.2, 0.25) is 0 Å². The lowest BCUT2D eigenvalue weighted by atomic mass is 10.2. The number of aromatic nitrogens is 2. The van der Waals surface area contributed by atoms with Gasteiger partial charge >= 0.3 is 0 Å². The smallest absolute Gasteiger partial charge is 0.112 e. The number of nitrogens with zero attached hydrogens (tertiary/aromatic N) is 2. The van der Waals surface area contributed by atoms with E-state index in [-0.39, 0.29) is 0 Å². The SMILES string of the molecule is CCc1nccn1-c1cc(C)cc(N)c1. The Morgan fingerprint density at radius 2 is 2.13 bits per heavy atom. The molecule has 0 amide bonds. The van der Waals surface area contributed by atoms with E-state index in [1.165, 1.54) is 5.56 Å². The zero-order chi connectivity index (χ0) is 10.8. The predicted molar refractivity (Wildman–Crippen MR) is 62.1 cm³/mol. The summed E-state index contributed by atoms with van der Waals surface area (Å²) < 4.78 is 2.07. The molecule has 3 nitrogen and oxygen atoms in total. The number of nitrogen functional groups attached to an aromatic ring is 1. The minimum Gasteiger partial charge on any atom is -0.399 e. The van der Waals surface area contributed by atoms with Crippen molar-refractivity contribution in [1.82, 2.24) is 9.55 Å². The predicted octanol–water partition coefficient (Wildman–Crippen LogP) is 2.33. The van der Waals surface area contributed by atoms with Crippen molar-refractivity contribution in [2.45, 2.75) is 20.3 Å². The van der Waals surface area contributed by atoms with Gasteiger partial charge in [-0.25, -0.2) is 4.98 Å². The fraction of sp³-hybridized carbons (Fsp3) is 0.250. The first kappa shape index (κ1) is 9.77. The van der Waals surface area contributed by atoms with Crippen LogP contribution in [0.3, 0.4) is 0 Å². The van der Waals surface area contributed by atoms with Crippen molar-refractivity contribution < 1.29 is 0 Å². The number of benzene rings is 1. The Morgan fingerprint density at radius 1 is 1.33 bits per heavy atom. The van der Waals surface area contributed by atoms with Crippen molar-refractivity contribution >= 4 is 5.69 Å². The fourth-order valence-electron chi connectivity index (χ4n) is 1.76. The van der Waals surface area contributed by atoms with Crippen LogP contribution in [-0.2, 0) is 6.42 Å². The molecule has 0 aliphatic heterocycles. The molecule has 2 N–H and O–H groups in total. The van der Waals surface area contributed by atoms with Crippen molar-refractivity contribution in [3.8, 4) is 5.69 Å². The van der Waals surface area contributed by atoms with Crippen molar-refractivity contribution in [3.05, 3.63) is 42.0 Å². The molecule has 0 saturated heterocycles. The fourth-order valence-corrected chi connectivity index (χ4v) is 1.76. The summed E-state index contributed by atoms with van der Waals surface area (Å²) in [6, 6.07) is 6.04. The van der Waals surface area contributed by atoms with Gasteiger partial charge in [-0.2, -0.15) is 0 Å². The van der Waals surface area contributed by atoms with E-state index in [9.17, 15) is 0 Å². The second kappa shape index (κ2) is 3.77. The lowest BCUT2D eigenvalue weighted by molar-refractivity contribution is 0.891. The van der Waals surface area contributed by atoms with Gasteiger partial charge in [-0.1, -0.05) is 6.92 Å². The Kier molecular flexibility index (Phi) is 2.46. The summed E-state index contributed by atoms with van der Waals surface area (Å²) >= 11 is 0. The third-order valence-corrected chi connectivity index (χ3v) is 2.40. The first-order chi connectivity index (χ1) is 7.20. The van der Waals surface area contributed by atoms with E-state index < -0.39 is 0 Å². The first-order valence-electron chi connectivity index (χ1n) is 5.10. The molecule has 0 radical (unpaired) electrons. The number of rotatable bonds is 2. The van der Waals surface area contributed by atoms with Crippen molar-refractivity contribution in [1.29, 1.82) is 0 Å². The number of aryl methyl sites for hydroxylation is 2. The van der Waals surface area contributed by atoms with E-state index in [4.69, 9.17) is 5.73 Å². The molecule has 0 spiro atoms. The van der Waals surface area contributed by atoms with Crippen molar-refractivity contribution in [2.24, 2.45) is 0 Å². The summed E-state index contributed by atoms with van der Waals surface area (Å²) in [4.78, 5) is 4.29. The Labute approximate surface area is 89.6 Å². The summed E-state index contributed by atoms with van der Waals surface area (Å²) in [7, 11) is 0. The average molecular weight is 201 g/mol. The third-order valence-electron chi connectivity index (χ3n) is 2.40. The zero-order valence-electron chi connectivity index (χ0n) is 9.07. The number of nitrogens with two attached hydrogens (primary N) is 1. The van der Waals surface area contributed by atoms with E-state index in [1.54, 1.807) is 0 Å². The molecule has 1 aromatic heterocycles. The van der Waals surface area contributed by atoms with Gasteiger partial charge in [0.05, 0.1) is 0 Å². The highest BCUT2D eigenvalue weighted by molar-refractivity contribution is 5.51. The quantitative estimate of drug-likeness (QED) is 0.758. The van der Waals surface area contributed by atoms with Crippen LogP contribution in [0.25, 0.3) is 5.69 Å². The first-order valence-corrected chi connectivity index (χ1v) is 5.10. The molecular formula is C12H15N3. The normalized spacial score (nSPS) is 10.5. The molecule has 1 aromatic carbocycles. The van der Waals surface area contributed by atoms with E-state index >= 15 is 0 Å². The molecule has 2 aromatic rings. The number of anilines is 1. The maximum Gasteiger partial charge on any atom is 0.112 e. The number of hydrogen-bond acceptors (Lipinski definition) is 2. The molecule has 0 saturated carbocycles. The standard InChI is InChI=1S/C12H15N3/c1-3-12-14-4-5-15(12)11-7-9(2)6-10(13)8-11/h4-8H,3,13H2,1-2H3. The van der Waals surface area contributed by atoms with Gasteiger partial charge in [-0.05, 0) is 30.7 Å². The summed E-state index contributed by atoms with van der Waals surface area (Å²) in [5.41, 5.74) is 8.87. The monoisotopic (exact) mass is 201 g/mol. The molecule has 3 heteroatoms. The van der Waals surface area contributed by atoms with Gasteiger partial charge in [0, 0.05) is 30.2 Å². The lowest BCUT2D eigenvalue weighted by Crippen LogP contribution is -2.00. The van der Waals surface area contributed by atoms with Crippen molar-refractivity contribution in [2.75, 3.05) is 5.73 Å². The Hall–Kier alpha value is -1.77. The van der Waals surface area contributed by atoms with Gasteiger partial charge in [0.15, 0.2) is 0 Å². The zero-order valence-corrected chi connectivity index (χ0v) is 9.07. The molecule has 1 heterocycles. The molecule has 15 heavy (non-hydrogen) atoms. The van der Waals surface area contributed by atoms with Crippen LogP contribution >= 0.6 is 0 Å². The molecule has 0 aliphatic rings. The van der Waals surface area contributed by atoms with E-state index in [0.29, 0.717) is 0 Å². The molecule has 0 unspecified atom stereocenters. The minimum atomic E-state index is 0.792. The third kappa shape index (κ3) is 1.86. The molecule has 0 fully saturated rings. The lowest BCUT2D eigenvalue weighted by Gasteiger charge is -2.08. The summed E-state index contributed by atoms with van der Waals surface area (Å²) in [5, 5.41) is 0. The maximum absolute atomic E-state index is 5.82. The highest BCUT2D eigenvalue weighted by atomic mass is 15.1. The molecule has 2 rings (SSSR count). The summed E-state index contributed by atoms with van der Waals surface area (Å²) in [6.07, 6.45) is 4.70. The van der Waals surface area contributed by atoms with Crippen LogP contribution in [0.1, 0.15) is 18.3 Å². The van der Waals surface area contributed by atoms with Crippen LogP contribution in [0.15, 0.2) is 30.6 Å². The Bertz CT molecular complexity index is 451. The van der Waals surface area contributed by atoms with Crippen LogP contribution in [0, 0.1) is 6.92 Å². The van der Waals surface area contributed by atoms with E-state index in [2.05, 4.69) is 22.5 Å². The second-order valence-corrected chi connectivity index (χ2v) is 3.67. The molecule has 0 atom stereocenters. The van der Waals surface area contributed by atoms with Crippen molar-refractivity contribution in [3.63, 3.8) is 0 Å². The van der Waals surface area contributed by atoms with E-state index in [1.807, 2.05) is 31.5 Å². The van der Waals surface area contributed by atoms with Crippen LogP contribution in [-0.4, -0.2) is 9.55 Å². The van der Waals surface area contributed by atoms with Gasteiger partial charge in [0.2, 0.25) is 0 Å². The van der Waals surface area contributed by atoms with Gasteiger partial charge in [0.1, 0.15) is 5.82 Å². The van der Waals surface area contributed by atoms with Gasteiger partial charge in [-0.15, -0.1) is 0 Å². The summed E-state index contributed by atoms with van der Waals surface area (Å²) in [5.74, 6) is 1.06. The van der Waals surface area contributed by atoms with Gasteiger partial charge in [-0.3, -0.25) is 0 Å². The summed E-state index contributed by atoms with van der Waals surface area (Å²) in [6.45, 7) is 4.14. The minimum absolute atomic E-state index is 0.792. The number of hydrogen-bond donors (Lipinski definition) is 1. The van der Waals surface area contributed by atoms with Crippen LogP contribution in [0.4, 0.5) is 5.69 Å². The Balaban J connectivity index is 2.53. The van der Waals surface area contributed by atoms with E-state index in [0.717, 1.165) is 23.6 Å². The van der Waals surface area contributed by atoms with Gasteiger partial charge < -0.3 is 10.3 Å². The second-order valence-electron chi connectivity index (χ2n) is 3.67. The molecular weight excluding hydrogens is 186 g/mol. The number of imidazole rings is 1. The highest BCUT2D eigenvalue weighted by Gasteiger charge is 2.03. The Morgan fingerprint density at radius 3 is 2.80 bits per heavy atom. The molecule has 78 valence electrons. The van der Waals surface area contributed by atoms with Crippen LogP contribution in [0.5, 0.6) is 0 Å². The highest BCUT2D eigenvalue weighted by Crippen LogP contribution is 2.17. The topological polar surface area (TPSA) is 43.8 Å². The van der Waals surface area contributed by atoms with Gasteiger partial charge in [0.25, 0.3) is 0 Å². The van der Waals surface area contributed by atoms with Crippen LogP contribution < -0.4 is 5.73 Å². The molecule has 0 aliphatic carbocycles. The maximum atomic E-state index is 5.82. The largest absolute Gasteiger partial charge is 0.399 e. The molecule has 0 bridgehead atoms.